The van der Waals surface area contributed by atoms with Crippen molar-refractivity contribution in [2.75, 3.05) is 6.61 Å². The molecule has 0 bridgehead atoms. The van der Waals surface area contributed by atoms with Gasteiger partial charge >= 0.3 is 18.9 Å². The van der Waals surface area contributed by atoms with Gasteiger partial charge in [0.15, 0.2) is 0 Å². The fraction of sp³-hybridized carbons (Fsp3) is 0.0667. The van der Waals surface area contributed by atoms with E-state index in [4.69, 9.17) is 4.74 Å². The molecule has 80 valence electrons. The Labute approximate surface area is 114 Å². The molecule has 0 aliphatic rings. The van der Waals surface area contributed by atoms with E-state index < -0.39 is 0 Å². The Hall–Kier alpha value is -1.42. The van der Waals surface area contributed by atoms with Crippen molar-refractivity contribution in [1.82, 2.24) is 0 Å². The van der Waals surface area contributed by atoms with Gasteiger partial charge in [-0.25, -0.2) is 0 Å². The number of ether oxygens (including phenoxy) is 1. The average Bonchev–Trinajstić information content (AvgIpc) is 2.37. The molecule has 0 aliphatic heterocycles. The smallest absolute Gasteiger partial charge is 0.515 e. The van der Waals surface area contributed by atoms with E-state index in [0.717, 1.165) is 5.75 Å². The van der Waals surface area contributed by atoms with Crippen molar-refractivity contribution in [1.29, 1.82) is 0 Å². The van der Waals surface area contributed by atoms with Gasteiger partial charge in [0.05, 0.1) is 0 Å². The first-order valence-electron chi connectivity index (χ1n) is 5.26. The molecule has 0 aliphatic carbocycles. The van der Waals surface area contributed by atoms with E-state index in [1.165, 1.54) is 5.56 Å². The Morgan fingerprint density at radius 1 is 1.00 bits per heavy atom. The van der Waals surface area contributed by atoms with Crippen molar-refractivity contribution < 1.29 is 23.6 Å². The zero-order valence-corrected chi connectivity index (χ0v) is 9.97. The Morgan fingerprint density at radius 3 is 2.47 bits per heavy atom. The molecule has 0 saturated carbocycles. The molecule has 0 amide bonds. The van der Waals surface area contributed by atoms with E-state index in [9.17, 15) is 0 Å². The molecule has 0 radical (unpaired) electrons. The molecule has 17 heavy (non-hydrogen) atoms. The number of benzene rings is 2. The van der Waals surface area contributed by atoms with E-state index in [0.29, 0.717) is 6.61 Å². The summed E-state index contributed by atoms with van der Waals surface area (Å²) in [6, 6.07) is 20.8. The van der Waals surface area contributed by atoms with Gasteiger partial charge in [-0.15, -0.1) is 12.1 Å². The summed E-state index contributed by atoms with van der Waals surface area (Å²) in [6.07, 6.45) is 4.04. The topological polar surface area (TPSA) is 9.23 Å². The SMILES string of the molecule is [Li+].[c-]1ccccc1OC/C=C/c1ccccc1. The molecule has 0 atom stereocenters. The molecule has 1 nitrogen and oxygen atoms in total. The quantitative estimate of drug-likeness (QED) is 0.536. The van der Waals surface area contributed by atoms with Crippen LogP contribution in [-0.4, -0.2) is 6.61 Å². The van der Waals surface area contributed by atoms with E-state index in [1.54, 1.807) is 0 Å². The number of hydrogen-bond donors (Lipinski definition) is 0. The van der Waals surface area contributed by atoms with Crippen LogP contribution in [0, 0.1) is 6.07 Å². The molecule has 2 aromatic rings. The molecule has 0 N–H and O–H groups in total. The maximum Gasteiger partial charge on any atom is 1.00 e. The predicted octanol–water partition coefficient (Wildman–Crippen LogP) is 0.583. The van der Waals surface area contributed by atoms with Crippen LogP contribution in [0.3, 0.4) is 0 Å². The summed E-state index contributed by atoms with van der Waals surface area (Å²) in [4.78, 5) is 0. The number of hydrogen-bond acceptors (Lipinski definition) is 1. The minimum absolute atomic E-state index is 0. The molecule has 0 saturated heterocycles. The van der Waals surface area contributed by atoms with E-state index >= 15 is 0 Å². The van der Waals surface area contributed by atoms with Crippen LogP contribution in [0.4, 0.5) is 0 Å². The number of rotatable bonds is 4. The zero-order valence-electron chi connectivity index (χ0n) is 9.97. The molecule has 2 rings (SSSR count). The van der Waals surface area contributed by atoms with Crippen molar-refractivity contribution >= 4 is 6.08 Å². The Balaban J connectivity index is 0.00000144. The van der Waals surface area contributed by atoms with Gasteiger partial charge in [-0.1, -0.05) is 36.4 Å². The van der Waals surface area contributed by atoms with Gasteiger partial charge in [0, 0.05) is 5.75 Å². The monoisotopic (exact) mass is 216 g/mol. The first-order valence-corrected chi connectivity index (χ1v) is 5.26. The Morgan fingerprint density at radius 2 is 1.76 bits per heavy atom. The Kier molecular flexibility index (Phi) is 6.25. The minimum atomic E-state index is 0. The van der Waals surface area contributed by atoms with Gasteiger partial charge in [0.2, 0.25) is 0 Å². The average molecular weight is 216 g/mol. The van der Waals surface area contributed by atoms with Gasteiger partial charge in [0.1, 0.15) is 6.61 Å². The number of para-hydroxylation sites is 1. The zero-order chi connectivity index (χ0) is 11.1. The first-order chi connectivity index (χ1) is 7.95. The van der Waals surface area contributed by atoms with Crippen molar-refractivity contribution in [2.24, 2.45) is 0 Å². The Bertz CT molecular complexity index is 437. The van der Waals surface area contributed by atoms with Gasteiger partial charge in [0.25, 0.3) is 0 Å². The molecule has 2 heteroatoms. The largest absolute Gasteiger partial charge is 1.00 e. The van der Waals surface area contributed by atoms with Crippen LogP contribution in [0.5, 0.6) is 5.75 Å². The molecule has 0 heterocycles. The second kappa shape index (κ2) is 7.79. The first kappa shape index (κ1) is 13.6. The van der Waals surface area contributed by atoms with E-state index in [2.05, 4.69) is 18.2 Å². The molecular weight excluding hydrogens is 203 g/mol. The van der Waals surface area contributed by atoms with Crippen molar-refractivity contribution in [3.63, 3.8) is 0 Å². The predicted molar refractivity (Wildman–Crippen MR) is 66.2 cm³/mol. The van der Waals surface area contributed by atoms with Crippen LogP contribution >= 0.6 is 0 Å². The third kappa shape index (κ3) is 4.95. The van der Waals surface area contributed by atoms with Crippen molar-refractivity contribution in [2.45, 2.75) is 0 Å². The van der Waals surface area contributed by atoms with Crippen LogP contribution in [-0.2, 0) is 0 Å². The van der Waals surface area contributed by atoms with Crippen LogP contribution in [0.1, 0.15) is 5.56 Å². The van der Waals surface area contributed by atoms with E-state index in [1.807, 2.05) is 54.6 Å². The van der Waals surface area contributed by atoms with Crippen molar-refractivity contribution in [3.8, 4) is 5.75 Å². The summed E-state index contributed by atoms with van der Waals surface area (Å²) in [5.74, 6) is 0.778. The van der Waals surface area contributed by atoms with Crippen molar-refractivity contribution in [3.05, 3.63) is 72.3 Å². The van der Waals surface area contributed by atoms with Crippen LogP contribution in [0.25, 0.3) is 6.08 Å². The van der Waals surface area contributed by atoms with E-state index in [-0.39, 0.29) is 18.9 Å². The molecule has 0 spiro atoms. The minimum Gasteiger partial charge on any atom is -0.515 e. The molecule has 2 aromatic carbocycles. The third-order valence-corrected chi connectivity index (χ3v) is 2.13. The van der Waals surface area contributed by atoms with Gasteiger partial charge in [-0.3, -0.25) is 0 Å². The standard InChI is InChI=1S/C15H13O.Li/c1-3-8-14(9-4-1)10-7-13-16-15-11-5-2-6-12-15;/h1-11H,13H2;/q-1;+1/b10-7+;. The maximum absolute atomic E-state index is 5.49. The van der Waals surface area contributed by atoms with Crippen LogP contribution in [0.2, 0.25) is 0 Å². The molecule has 0 aromatic heterocycles. The summed E-state index contributed by atoms with van der Waals surface area (Å²) in [7, 11) is 0. The molecular formula is C15H13LiO. The third-order valence-electron chi connectivity index (χ3n) is 2.13. The summed E-state index contributed by atoms with van der Waals surface area (Å²) < 4.78 is 5.49. The summed E-state index contributed by atoms with van der Waals surface area (Å²) in [5.41, 5.74) is 1.18. The van der Waals surface area contributed by atoms with Gasteiger partial charge < -0.3 is 4.74 Å². The molecule has 0 unspecified atom stereocenters. The normalized spacial score (nSPS) is 9.88. The van der Waals surface area contributed by atoms with Crippen LogP contribution in [0.15, 0.2) is 60.7 Å². The summed E-state index contributed by atoms with van der Waals surface area (Å²) in [5, 5.41) is 0. The fourth-order valence-electron chi connectivity index (χ4n) is 1.35. The van der Waals surface area contributed by atoms with Gasteiger partial charge in [-0.2, -0.15) is 18.2 Å². The summed E-state index contributed by atoms with van der Waals surface area (Å²) >= 11 is 0. The van der Waals surface area contributed by atoms with Gasteiger partial charge in [-0.05, 0) is 11.6 Å². The second-order valence-corrected chi connectivity index (χ2v) is 3.35. The molecule has 0 fully saturated rings. The van der Waals surface area contributed by atoms with Crippen LogP contribution < -0.4 is 23.6 Å². The maximum atomic E-state index is 5.49. The fourth-order valence-corrected chi connectivity index (χ4v) is 1.35. The second-order valence-electron chi connectivity index (χ2n) is 3.35. The summed E-state index contributed by atoms with van der Waals surface area (Å²) in [6.45, 7) is 0.565.